The number of phenolic OH excluding ortho intramolecular Hbond substituents is 3. The third-order valence-electron chi connectivity index (χ3n) is 5.71. The van der Waals surface area contributed by atoms with E-state index in [1.807, 2.05) is 0 Å². The number of hydrogen-bond donors (Lipinski definition) is 7. The first-order valence-corrected chi connectivity index (χ1v) is 10.6. The van der Waals surface area contributed by atoms with Gasteiger partial charge in [-0.15, -0.1) is 0 Å². The number of fused-ring (bicyclic) bond motifs is 1. The first-order chi connectivity index (χ1) is 17.5. The average molecular weight is 522 g/mol. The monoisotopic (exact) mass is 522 g/mol. The number of ether oxygens (including phenoxy) is 4. The van der Waals surface area contributed by atoms with E-state index < -0.39 is 70.5 Å². The number of methoxy groups -OCH3 is 2. The molecule has 7 N–H and O–H groups in total. The second kappa shape index (κ2) is 9.67. The summed E-state index contributed by atoms with van der Waals surface area (Å²) in [6.07, 6.45) is -10.1. The summed E-state index contributed by atoms with van der Waals surface area (Å²) in [6, 6.07) is 4.36. The first kappa shape index (κ1) is 25.8. The summed E-state index contributed by atoms with van der Waals surface area (Å²) in [5.74, 6) is -4.55. The number of benzene rings is 2. The Hall–Kier alpha value is -4.24. The van der Waals surface area contributed by atoms with Crippen molar-refractivity contribution in [2.24, 2.45) is 0 Å². The number of aliphatic hydroxyl groups is 3. The quantitative estimate of drug-likeness (QED) is 0.224. The van der Waals surface area contributed by atoms with E-state index in [1.54, 1.807) is 0 Å². The Balaban J connectivity index is 1.96. The van der Waals surface area contributed by atoms with E-state index in [0.717, 1.165) is 12.1 Å². The fourth-order valence-corrected chi connectivity index (χ4v) is 3.86. The highest BCUT2D eigenvalue weighted by Crippen LogP contribution is 2.44. The Morgan fingerprint density at radius 1 is 0.919 bits per heavy atom. The van der Waals surface area contributed by atoms with Gasteiger partial charge in [0.2, 0.25) is 23.2 Å². The molecule has 0 spiro atoms. The average Bonchev–Trinajstić information content (AvgIpc) is 2.85. The second-order valence-electron chi connectivity index (χ2n) is 8.01. The Labute approximate surface area is 206 Å². The van der Waals surface area contributed by atoms with E-state index in [2.05, 4.69) is 0 Å². The van der Waals surface area contributed by atoms with Crippen LogP contribution >= 0.6 is 0 Å². The molecule has 37 heavy (non-hydrogen) atoms. The second-order valence-corrected chi connectivity index (χ2v) is 8.01. The molecule has 5 unspecified atom stereocenters. The van der Waals surface area contributed by atoms with Gasteiger partial charge < -0.3 is 59.1 Å². The van der Waals surface area contributed by atoms with E-state index in [1.165, 1.54) is 26.4 Å². The van der Waals surface area contributed by atoms with Crippen LogP contribution in [0, 0.1) is 0 Å². The van der Waals surface area contributed by atoms with Crippen molar-refractivity contribution in [2.75, 3.05) is 14.2 Å². The standard InChI is InChI=1S/C23H22O14/c1-33-11-3-7(4-12(34-2)14(11)26)19-20(15(27)13-9(25)5-8(24)6-10(13)35-19)36-23-18(30)16(28)17(29)21(37-23)22(31)32/h3-6,16-18,21,23-26,28-30H,1-2H3,(H,31,32). The lowest BCUT2D eigenvalue weighted by atomic mass is 9.99. The predicted molar refractivity (Wildman–Crippen MR) is 121 cm³/mol. The van der Waals surface area contributed by atoms with Crippen LogP contribution in [0.2, 0.25) is 0 Å². The summed E-state index contributed by atoms with van der Waals surface area (Å²) >= 11 is 0. The number of carbonyl (C=O) groups is 1. The SMILES string of the molecule is COc1cc(-c2oc3cc(O)cc(O)c3c(=O)c2OC2OC(C(=O)O)C(O)C(O)C2O)cc(OC)c1O. The van der Waals surface area contributed by atoms with Gasteiger partial charge in [0.25, 0.3) is 0 Å². The molecule has 1 aromatic heterocycles. The summed E-state index contributed by atoms with van der Waals surface area (Å²) < 4.78 is 26.6. The number of rotatable bonds is 6. The lowest BCUT2D eigenvalue weighted by molar-refractivity contribution is -0.271. The van der Waals surface area contributed by atoms with E-state index in [9.17, 15) is 45.3 Å². The highest BCUT2D eigenvalue weighted by Gasteiger charge is 2.48. The summed E-state index contributed by atoms with van der Waals surface area (Å²) in [4.78, 5) is 24.9. The first-order valence-electron chi connectivity index (χ1n) is 10.6. The third-order valence-corrected chi connectivity index (χ3v) is 5.71. The van der Waals surface area contributed by atoms with Crippen molar-refractivity contribution < 1.29 is 63.9 Å². The summed E-state index contributed by atoms with van der Waals surface area (Å²) in [7, 11) is 2.49. The molecule has 0 bridgehead atoms. The van der Waals surface area contributed by atoms with Crippen LogP contribution in [0.4, 0.5) is 0 Å². The molecule has 5 atom stereocenters. The summed E-state index contributed by atoms with van der Waals surface area (Å²) in [5, 5.41) is 69.7. The molecule has 0 amide bonds. The molecule has 2 heterocycles. The smallest absolute Gasteiger partial charge is 0.335 e. The van der Waals surface area contributed by atoms with Crippen molar-refractivity contribution in [3.05, 3.63) is 34.5 Å². The van der Waals surface area contributed by atoms with Gasteiger partial charge in [-0.05, 0) is 12.1 Å². The Morgan fingerprint density at radius 2 is 1.54 bits per heavy atom. The van der Waals surface area contributed by atoms with Crippen molar-refractivity contribution in [3.63, 3.8) is 0 Å². The Morgan fingerprint density at radius 3 is 2.11 bits per heavy atom. The fraction of sp³-hybridized carbons (Fsp3) is 0.304. The number of carboxylic acids is 1. The van der Waals surface area contributed by atoms with Crippen LogP contribution in [-0.4, -0.2) is 86.6 Å². The largest absolute Gasteiger partial charge is 0.508 e. The molecule has 14 nitrogen and oxygen atoms in total. The van der Waals surface area contributed by atoms with Crippen molar-refractivity contribution in [2.45, 2.75) is 30.7 Å². The zero-order valence-electron chi connectivity index (χ0n) is 19.2. The van der Waals surface area contributed by atoms with Crippen molar-refractivity contribution in [3.8, 4) is 45.8 Å². The zero-order chi connectivity index (χ0) is 27.2. The molecule has 2 aromatic carbocycles. The van der Waals surface area contributed by atoms with Crippen LogP contribution in [-0.2, 0) is 9.53 Å². The van der Waals surface area contributed by atoms with Gasteiger partial charge >= 0.3 is 5.97 Å². The molecule has 1 saturated heterocycles. The normalized spacial score (nSPS) is 23.5. The molecule has 0 radical (unpaired) electrons. The number of aliphatic carboxylic acids is 1. The Bertz CT molecular complexity index is 1390. The minimum atomic E-state index is -2.03. The molecule has 14 heteroatoms. The fourth-order valence-electron chi connectivity index (χ4n) is 3.86. The molecular formula is C23H22O14. The van der Waals surface area contributed by atoms with Crippen LogP contribution in [0.15, 0.2) is 33.5 Å². The van der Waals surface area contributed by atoms with Crippen molar-refractivity contribution >= 4 is 16.9 Å². The number of hydrogen-bond acceptors (Lipinski definition) is 13. The van der Waals surface area contributed by atoms with Crippen LogP contribution in [0.1, 0.15) is 0 Å². The van der Waals surface area contributed by atoms with E-state index in [0.29, 0.717) is 0 Å². The van der Waals surface area contributed by atoms with Crippen LogP contribution in [0.25, 0.3) is 22.3 Å². The maximum absolute atomic E-state index is 13.5. The Kier molecular flexibility index (Phi) is 6.75. The topological polar surface area (TPSA) is 226 Å². The van der Waals surface area contributed by atoms with Gasteiger partial charge in [0.15, 0.2) is 23.4 Å². The van der Waals surface area contributed by atoms with E-state index >= 15 is 0 Å². The molecule has 1 aliphatic heterocycles. The van der Waals surface area contributed by atoms with Gasteiger partial charge in [0.1, 0.15) is 40.8 Å². The predicted octanol–water partition coefficient (Wildman–Crippen LogP) is -0.135. The summed E-state index contributed by atoms with van der Waals surface area (Å²) in [5.41, 5.74) is -1.33. The highest BCUT2D eigenvalue weighted by molar-refractivity contribution is 5.88. The minimum absolute atomic E-state index is 0.00370. The van der Waals surface area contributed by atoms with E-state index in [-0.39, 0.29) is 28.4 Å². The molecule has 1 fully saturated rings. The van der Waals surface area contributed by atoms with Gasteiger partial charge in [-0.2, -0.15) is 0 Å². The number of carboxylic acid groups (broad SMARTS) is 1. The lowest BCUT2D eigenvalue weighted by Crippen LogP contribution is -2.61. The number of phenols is 3. The van der Waals surface area contributed by atoms with E-state index in [4.69, 9.17) is 23.4 Å². The molecule has 4 rings (SSSR count). The third kappa shape index (κ3) is 4.42. The minimum Gasteiger partial charge on any atom is -0.508 e. The molecule has 0 aliphatic carbocycles. The molecule has 3 aromatic rings. The molecule has 198 valence electrons. The van der Waals surface area contributed by atoms with Gasteiger partial charge in [-0.1, -0.05) is 0 Å². The maximum atomic E-state index is 13.5. The van der Waals surface area contributed by atoms with Gasteiger partial charge in [0, 0.05) is 17.7 Å². The number of aliphatic hydroxyl groups excluding tert-OH is 3. The van der Waals surface area contributed by atoms with Crippen molar-refractivity contribution in [1.29, 1.82) is 0 Å². The number of aromatic hydroxyl groups is 3. The molecule has 1 aliphatic rings. The van der Waals surface area contributed by atoms with Crippen LogP contribution in [0.5, 0.6) is 34.5 Å². The van der Waals surface area contributed by atoms with Crippen LogP contribution in [0.3, 0.4) is 0 Å². The van der Waals surface area contributed by atoms with Crippen LogP contribution < -0.4 is 19.6 Å². The molecule has 0 saturated carbocycles. The summed E-state index contributed by atoms with van der Waals surface area (Å²) in [6.45, 7) is 0. The van der Waals surface area contributed by atoms with Gasteiger partial charge in [0.05, 0.1) is 14.2 Å². The molecular weight excluding hydrogens is 500 g/mol. The van der Waals surface area contributed by atoms with Gasteiger partial charge in [-0.25, -0.2) is 4.79 Å². The zero-order valence-corrected chi connectivity index (χ0v) is 19.2. The highest BCUT2D eigenvalue weighted by atomic mass is 16.7. The maximum Gasteiger partial charge on any atom is 0.335 e. The van der Waals surface area contributed by atoms with Crippen molar-refractivity contribution in [1.82, 2.24) is 0 Å². The van der Waals surface area contributed by atoms with Gasteiger partial charge in [-0.3, -0.25) is 4.79 Å². The lowest BCUT2D eigenvalue weighted by Gasteiger charge is -2.38.